The van der Waals surface area contributed by atoms with Crippen molar-refractivity contribution < 1.29 is 4.79 Å². The minimum absolute atomic E-state index is 0.110. The number of amides is 1. The second-order valence-corrected chi connectivity index (χ2v) is 6.09. The van der Waals surface area contributed by atoms with Gasteiger partial charge in [-0.25, -0.2) is 4.68 Å². The highest BCUT2D eigenvalue weighted by atomic mass is 35.5. The van der Waals surface area contributed by atoms with Crippen molar-refractivity contribution in [2.75, 3.05) is 5.75 Å². The summed E-state index contributed by atoms with van der Waals surface area (Å²) in [5.41, 5.74) is 0.892. The van der Waals surface area contributed by atoms with Crippen LogP contribution >= 0.6 is 35.0 Å². The summed E-state index contributed by atoms with van der Waals surface area (Å²) < 4.78 is 1.51. The molecule has 1 N–H and O–H groups in total. The maximum atomic E-state index is 11.9. The van der Waals surface area contributed by atoms with Gasteiger partial charge in [-0.3, -0.25) is 4.79 Å². The highest BCUT2D eigenvalue weighted by Gasteiger charge is 2.12. The Balaban J connectivity index is 1.89. The minimum Gasteiger partial charge on any atom is -0.349 e. The van der Waals surface area contributed by atoms with E-state index in [4.69, 9.17) is 23.2 Å². The maximum absolute atomic E-state index is 11.9. The van der Waals surface area contributed by atoms with Gasteiger partial charge in [0.05, 0.1) is 21.8 Å². The van der Waals surface area contributed by atoms with E-state index in [0.29, 0.717) is 15.2 Å². The van der Waals surface area contributed by atoms with Crippen LogP contribution in [0, 0.1) is 0 Å². The predicted molar refractivity (Wildman–Crippen MR) is 82.5 cm³/mol. The molecule has 1 atom stereocenters. The summed E-state index contributed by atoms with van der Waals surface area (Å²) in [5, 5.41) is 15.4. The maximum Gasteiger partial charge on any atom is 0.230 e. The Labute approximate surface area is 136 Å². The summed E-state index contributed by atoms with van der Waals surface area (Å²) in [4.78, 5) is 11.9. The lowest BCUT2D eigenvalue weighted by atomic mass is 10.1. The number of rotatable bonds is 5. The zero-order chi connectivity index (χ0) is 15.4. The molecule has 0 spiro atoms. The number of halogens is 2. The SMILES string of the molecule is C[C@@H](NC(=O)CSc1nnnn1C)c1ccc(Cl)c(Cl)c1. The van der Waals surface area contributed by atoms with Crippen LogP contribution in [0.3, 0.4) is 0 Å². The van der Waals surface area contributed by atoms with E-state index < -0.39 is 0 Å². The second-order valence-electron chi connectivity index (χ2n) is 4.34. The number of aromatic nitrogens is 4. The van der Waals surface area contributed by atoms with E-state index in [1.165, 1.54) is 16.4 Å². The van der Waals surface area contributed by atoms with Crippen LogP contribution in [-0.2, 0) is 11.8 Å². The van der Waals surface area contributed by atoms with Gasteiger partial charge in [0, 0.05) is 7.05 Å². The molecule has 0 saturated heterocycles. The molecule has 1 heterocycles. The van der Waals surface area contributed by atoms with Crippen LogP contribution in [0.5, 0.6) is 0 Å². The smallest absolute Gasteiger partial charge is 0.230 e. The Morgan fingerprint density at radius 3 is 2.81 bits per heavy atom. The van der Waals surface area contributed by atoms with Gasteiger partial charge in [0.15, 0.2) is 0 Å². The number of hydrogen-bond acceptors (Lipinski definition) is 5. The number of carbonyl (C=O) groups excluding carboxylic acids is 1. The largest absolute Gasteiger partial charge is 0.349 e. The van der Waals surface area contributed by atoms with Gasteiger partial charge in [-0.2, -0.15) is 0 Å². The molecule has 6 nitrogen and oxygen atoms in total. The van der Waals surface area contributed by atoms with Gasteiger partial charge in [-0.1, -0.05) is 41.0 Å². The number of aryl methyl sites for hydroxylation is 1. The number of tetrazole rings is 1. The van der Waals surface area contributed by atoms with E-state index >= 15 is 0 Å². The Morgan fingerprint density at radius 1 is 1.43 bits per heavy atom. The summed E-state index contributed by atoms with van der Waals surface area (Å²) >= 11 is 13.1. The van der Waals surface area contributed by atoms with Gasteiger partial charge in [-0.15, -0.1) is 5.10 Å². The Kier molecular flexibility index (Phi) is 5.44. The molecule has 2 rings (SSSR count). The average Bonchev–Trinajstić information content (AvgIpc) is 2.85. The zero-order valence-corrected chi connectivity index (χ0v) is 13.7. The van der Waals surface area contributed by atoms with Crippen molar-refractivity contribution in [3.8, 4) is 0 Å². The van der Waals surface area contributed by atoms with Gasteiger partial charge in [0.1, 0.15) is 0 Å². The number of benzene rings is 1. The molecule has 0 aliphatic heterocycles. The number of nitrogens with zero attached hydrogens (tertiary/aromatic N) is 4. The molecule has 2 aromatic rings. The standard InChI is InChI=1S/C12H13Cl2N5OS/c1-7(8-3-4-9(13)10(14)5-8)15-11(20)6-21-12-16-17-18-19(12)2/h3-5,7H,6H2,1-2H3,(H,15,20)/t7-/m1/s1. The van der Waals surface area contributed by atoms with E-state index in [2.05, 4.69) is 20.8 Å². The molecule has 0 saturated carbocycles. The molecule has 0 unspecified atom stereocenters. The summed E-state index contributed by atoms with van der Waals surface area (Å²) in [6.07, 6.45) is 0. The van der Waals surface area contributed by atoms with Crippen LogP contribution < -0.4 is 5.32 Å². The number of nitrogens with one attached hydrogen (secondary N) is 1. The topological polar surface area (TPSA) is 72.7 Å². The van der Waals surface area contributed by atoms with Crippen molar-refractivity contribution >= 4 is 40.9 Å². The first kappa shape index (κ1) is 16.1. The first-order chi connectivity index (χ1) is 9.97. The Bertz CT molecular complexity index is 648. The number of hydrogen-bond donors (Lipinski definition) is 1. The summed E-state index contributed by atoms with van der Waals surface area (Å²) in [7, 11) is 1.72. The molecule has 0 radical (unpaired) electrons. The summed E-state index contributed by atoms with van der Waals surface area (Å²) in [6, 6.07) is 5.13. The van der Waals surface area contributed by atoms with Crippen molar-refractivity contribution in [3.63, 3.8) is 0 Å². The van der Waals surface area contributed by atoms with Crippen LogP contribution in [0.2, 0.25) is 10.0 Å². The fourth-order valence-electron chi connectivity index (χ4n) is 1.62. The molecule has 1 amide bonds. The number of thioether (sulfide) groups is 1. The molecule has 9 heteroatoms. The van der Waals surface area contributed by atoms with E-state index in [1.54, 1.807) is 19.2 Å². The zero-order valence-electron chi connectivity index (χ0n) is 11.4. The van der Waals surface area contributed by atoms with Gasteiger partial charge in [0.25, 0.3) is 0 Å². The van der Waals surface area contributed by atoms with E-state index in [-0.39, 0.29) is 17.7 Å². The molecule has 0 aliphatic rings. The molecular weight excluding hydrogens is 333 g/mol. The third kappa shape index (κ3) is 4.33. The van der Waals surface area contributed by atoms with Gasteiger partial charge >= 0.3 is 0 Å². The lowest BCUT2D eigenvalue weighted by Crippen LogP contribution is -2.28. The third-order valence-corrected chi connectivity index (χ3v) is 4.48. The first-order valence-corrected chi connectivity index (χ1v) is 7.81. The first-order valence-electron chi connectivity index (χ1n) is 6.07. The third-order valence-electron chi connectivity index (χ3n) is 2.73. The van der Waals surface area contributed by atoms with Gasteiger partial charge in [0.2, 0.25) is 11.1 Å². The molecule has 0 fully saturated rings. The fourth-order valence-corrected chi connectivity index (χ4v) is 2.59. The lowest BCUT2D eigenvalue weighted by Gasteiger charge is -2.14. The summed E-state index contributed by atoms with van der Waals surface area (Å²) in [5.74, 6) is 0.126. The van der Waals surface area contributed by atoms with Crippen LogP contribution in [0.15, 0.2) is 23.4 Å². The van der Waals surface area contributed by atoms with Crippen LogP contribution in [-0.4, -0.2) is 31.9 Å². The predicted octanol–water partition coefficient (Wildman–Crippen LogP) is 2.49. The second kappa shape index (κ2) is 7.11. The van der Waals surface area contributed by atoms with Crippen molar-refractivity contribution in [2.24, 2.45) is 7.05 Å². The average molecular weight is 346 g/mol. The molecule has 1 aromatic carbocycles. The highest BCUT2D eigenvalue weighted by Crippen LogP contribution is 2.25. The van der Waals surface area contributed by atoms with E-state index in [1.807, 2.05) is 13.0 Å². The van der Waals surface area contributed by atoms with Crippen LogP contribution in [0.4, 0.5) is 0 Å². The monoisotopic (exact) mass is 345 g/mol. The molecule has 0 bridgehead atoms. The van der Waals surface area contributed by atoms with Crippen molar-refractivity contribution in [1.82, 2.24) is 25.5 Å². The molecular formula is C12H13Cl2N5OS. The normalized spacial score (nSPS) is 12.2. The Hall–Kier alpha value is -1.31. The van der Waals surface area contributed by atoms with Crippen molar-refractivity contribution in [3.05, 3.63) is 33.8 Å². The van der Waals surface area contributed by atoms with Crippen molar-refractivity contribution in [1.29, 1.82) is 0 Å². The molecule has 1 aromatic heterocycles. The van der Waals surface area contributed by atoms with E-state index in [0.717, 1.165) is 5.56 Å². The van der Waals surface area contributed by atoms with E-state index in [9.17, 15) is 4.79 Å². The quantitative estimate of drug-likeness (QED) is 0.842. The molecule has 21 heavy (non-hydrogen) atoms. The van der Waals surface area contributed by atoms with Gasteiger partial charge in [-0.05, 0) is 35.0 Å². The van der Waals surface area contributed by atoms with Crippen LogP contribution in [0.25, 0.3) is 0 Å². The van der Waals surface area contributed by atoms with Crippen LogP contribution in [0.1, 0.15) is 18.5 Å². The molecule has 0 aliphatic carbocycles. The fraction of sp³-hybridized carbons (Fsp3) is 0.333. The Morgan fingerprint density at radius 2 is 2.19 bits per heavy atom. The van der Waals surface area contributed by atoms with Gasteiger partial charge < -0.3 is 5.32 Å². The molecule has 112 valence electrons. The summed E-state index contributed by atoms with van der Waals surface area (Å²) in [6.45, 7) is 1.88. The minimum atomic E-state index is -0.162. The van der Waals surface area contributed by atoms with Crippen molar-refractivity contribution in [2.45, 2.75) is 18.1 Å². The highest BCUT2D eigenvalue weighted by molar-refractivity contribution is 7.99. The lowest BCUT2D eigenvalue weighted by molar-refractivity contribution is -0.119. The number of carbonyl (C=O) groups is 1.